The van der Waals surface area contributed by atoms with Gasteiger partial charge in [0.1, 0.15) is 0 Å². The van der Waals surface area contributed by atoms with Crippen LogP contribution in [0.5, 0.6) is 0 Å². The fourth-order valence-corrected chi connectivity index (χ4v) is 2.63. The standard InChI is InChI=1S/C15H16ClNO2S/c16-12-5-3-11(4-6-12)14(18)10-17-15(19)8-7-13-2-1-9-20-13/h1-6,9,14,18H,7-8,10H2,(H,17,19). The summed E-state index contributed by atoms with van der Waals surface area (Å²) in [4.78, 5) is 12.9. The van der Waals surface area contributed by atoms with Gasteiger partial charge in [0, 0.05) is 22.9 Å². The van der Waals surface area contributed by atoms with Crippen molar-refractivity contribution < 1.29 is 9.90 Å². The van der Waals surface area contributed by atoms with E-state index in [0.29, 0.717) is 11.4 Å². The number of rotatable bonds is 6. The Morgan fingerprint density at radius 3 is 2.70 bits per heavy atom. The van der Waals surface area contributed by atoms with Crippen LogP contribution in [0.25, 0.3) is 0 Å². The molecule has 2 rings (SSSR count). The molecule has 0 fully saturated rings. The Morgan fingerprint density at radius 2 is 2.05 bits per heavy atom. The Morgan fingerprint density at radius 1 is 1.30 bits per heavy atom. The van der Waals surface area contributed by atoms with Crippen molar-refractivity contribution >= 4 is 28.8 Å². The number of hydrogen-bond donors (Lipinski definition) is 2. The SMILES string of the molecule is O=C(CCc1cccs1)NCC(O)c1ccc(Cl)cc1. The molecule has 1 amide bonds. The van der Waals surface area contributed by atoms with Gasteiger partial charge in [-0.1, -0.05) is 29.8 Å². The van der Waals surface area contributed by atoms with Gasteiger partial charge in [0.25, 0.3) is 0 Å². The average molecular weight is 310 g/mol. The van der Waals surface area contributed by atoms with Crippen molar-refractivity contribution in [3.63, 3.8) is 0 Å². The van der Waals surface area contributed by atoms with Crippen molar-refractivity contribution in [2.45, 2.75) is 18.9 Å². The summed E-state index contributed by atoms with van der Waals surface area (Å²) in [5.74, 6) is -0.0496. The lowest BCUT2D eigenvalue weighted by molar-refractivity contribution is -0.121. The number of thiophene rings is 1. The Balaban J connectivity index is 1.73. The van der Waals surface area contributed by atoms with E-state index in [9.17, 15) is 9.90 Å². The van der Waals surface area contributed by atoms with E-state index in [4.69, 9.17) is 11.6 Å². The number of aryl methyl sites for hydroxylation is 1. The first-order chi connectivity index (χ1) is 9.65. The number of carbonyl (C=O) groups is 1. The number of benzene rings is 1. The number of carbonyl (C=O) groups excluding carboxylic acids is 1. The number of aliphatic hydroxyl groups is 1. The Bertz CT molecular complexity index is 540. The van der Waals surface area contributed by atoms with Gasteiger partial charge in [0.05, 0.1) is 6.10 Å². The molecule has 3 nitrogen and oxygen atoms in total. The molecule has 0 aliphatic heterocycles. The van der Waals surface area contributed by atoms with E-state index in [2.05, 4.69) is 5.32 Å². The van der Waals surface area contributed by atoms with E-state index in [-0.39, 0.29) is 12.5 Å². The molecule has 1 aromatic carbocycles. The van der Waals surface area contributed by atoms with Gasteiger partial charge in [0.2, 0.25) is 5.91 Å². The number of halogens is 1. The molecule has 0 aliphatic rings. The highest BCUT2D eigenvalue weighted by atomic mass is 35.5. The van der Waals surface area contributed by atoms with Crippen LogP contribution < -0.4 is 5.32 Å². The summed E-state index contributed by atoms with van der Waals surface area (Å²) in [5.41, 5.74) is 0.743. The van der Waals surface area contributed by atoms with E-state index < -0.39 is 6.10 Å². The van der Waals surface area contributed by atoms with Gasteiger partial charge in [-0.25, -0.2) is 0 Å². The van der Waals surface area contributed by atoms with E-state index in [1.165, 1.54) is 4.88 Å². The maximum atomic E-state index is 11.7. The molecule has 1 atom stereocenters. The van der Waals surface area contributed by atoms with Gasteiger partial charge < -0.3 is 10.4 Å². The number of nitrogens with one attached hydrogen (secondary N) is 1. The molecule has 5 heteroatoms. The second-order valence-electron chi connectivity index (χ2n) is 4.45. The molecule has 0 saturated heterocycles. The maximum Gasteiger partial charge on any atom is 0.220 e. The molecule has 0 saturated carbocycles. The minimum absolute atomic E-state index is 0.0496. The lowest BCUT2D eigenvalue weighted by Crippen LogP contribution is -2.28. The fraction of sp³-hybridized carbons (Fsp3) is 0.267. The third-order valence-corrected chi connectivity index (χ3v) is 4.11. The van der Waals surface area contributed by atoms with Crippen LogP contribution in [0.1, 0.15) is 23.0 Å². The number of aliphatic hydroxyl groups excluding tert-OH is 1. The second-order valence-corrected chi connectivity index (χ2v) is 5.92. The van der Waals surface area contributed by atoms with Gasteiger partial charge in [-0.05, 0) is 35.6 Å². The molecule has 1 heterocycles. The summed E-state index contributed by atoms with van der Waals surface area (Å²) >= 11 is 7.43. The molecule has 2 aromatic rings. The van der Waals surface area contributed by atoms with Crippen molar-refractivity contribution in [3.8, 4) is 0 Å². The van der Waals surface area contributed by atoms with Crippen LogP contribution in [0.4, 0.5) is 0 Å². The van der Waals surface area contributed by atoms with Crippen molar-refractivity contribution in [2.24, 2.45) is 0 Å². The fourth-order valence-electron chi connectivity index (χ4n) is 1.79. The highest BCUT2D eigenvalue weighted by Gasteiger charge is 2.09. The number of hydrogen-bond acceptors (Lipinski definition) is 3. The summed E-state index contributed by atoms with van der Waals surface area (Å²) in [6.07, 6.45) is 0.465. The van der Waals surface area contributed by atoms with Gasteiger partial charge in [-0.3, -0.25) is 4.79 Å². The predicted molar refractivity (Wildman–Crippen MR) is 82.1 cm³/mol. The summed E-state index contributed by atoms with van der Waals surface area (Å²) in [6.45, 7) is 0.213. The lowest BCUT2D eigenvalue weighted by atomic mass is 10.1. The largest absolute Gasteiger partial charge is 0.387 e. The third kappa shape index (κ3) is 4.63. The van der Waals surface area contributed by atoms with Crippen LogP contribution in [-0.2, 0) is 11.2 Å². The predicted octanol–water partition coefficient (Wildman–Crippen LogP) is 3.18. The van der Waals surface area contributed by atoms with Crippen molar-refractivity contribution in [1.82, 2.24) is 5.32 Å². The summed E-state index contributed by atoms with van der Waals surface area (Å²) < 4.78 is 0. The first kappa shape index (κ1) is 15.0. The summed E-state index contributed by atoms with van der Waals surface area (Å²) in [6, 6.07) is 10.9. The van der Waals surface area contributed by atoms with Crippen molar-refractivity contribution in [1.29, 1.82) is 0 Å². The average Bonchev–Trinajstić information content (AvgIpc) is 2.96. The highest BCUT2D eigenvalue weighted by molar-refractivity contribution is 7.09. The third-order valence-electron chi connectivity index (χ3n) is 2.93. The zero-order valence-electron chi connectivity index (χ0n) is 10.9. The normalized spacial score (nSPS) is 12.1. The van der Waals surface area contributed by atoms with Crippen molar-refractivity contribution in [3.05, 3.63) is 57.2 Å². The highest BCUT2D eigenvalue weighted by Crippen LogP contribution is 2.16. The zero-order valence-corrected chi connectivity index (χ0v) is 12.5. The molecule has 1 aromatic heterocycles. The van der Waals surface area contributed by atoms with E-state index in [1.807, 2.05) is 17.5 Å². The smallest absolute Gasteiger partial charge is 0.220 e. The molecule has 20 heavy (non-hydrogen) atoms. The molecule has 0 aliphatic carbocycles. The molecule has 0 radical (unpaired) electrons. The maximum absolute atomic E-state index is 11.7. The topological polar surface area (TPSA) is 49.3 Å². The van der Waals surface area contributed by atoms with Crippen LogP contribution in [0.15, 0.2) is 41.8 Å². The van der Waals surface area contributed by atoms with E-state index in [0.717, 1.165) is 12.0 Å². The van der Waals surface area contributed by atoms with Crippen LogP contribution in [0, 0.1) is 0 Å². The Hall–Kier alpha value is -1.36. The van der Waals surface area contributed by atoms with Crippen LogP contribution in [0.3, 0.4) is 0 Å². The Labute approximate surface area is 127 Å². The first-order valence-electron chi connectivity index (χ1n) is 6.38. The molecule has 0 bridgehead atoms. The second kappa shape index (κ2) is 7.43. The molecule has 2 N–H and O–H groups in total. The summed E-state index contributed by atoms with van der Waals surface area (Å²) in [5, 5.41) is 15.3. The van der Waals surface area contributed by atoms with Gasteiger partial charge in [-0.2, -0.15) is 0 Å². The van der Waals surface area contributed by atoms with Gasteiger partial charge in [0.15, 0.2) is 0 Å². The Kier molecular flexibility index (Phi) is 5.59. The zero-order chi connectivity index (χ0) is 14.4. The first-order valence-corrected chi connectivity index (χ1v) is 7.63. The van der Waals surface area contributed by atoms with E-state index >= 15 is 0 Å². The van der Waals surface area contributed by atoms with Gasteiger partial charge >= 0.3 is 0 Å². The molecule has 0 spiro atoms. The minimum Gasteiger partial charge on any atom is -0.387 e. The van der Waals surface area contributed by atoms with Crippen LogP contribution in [0.2, 0.25) is 5.02 Å². The van der Waals surface area contributed by atoms with Crippen LogP contribution >= 0.6 is 22.9 Å². The molecular formula is C15H16ClNO2S. The minimum atomic E-state index is -0.710. The monoisotopic (exact) mass is 309 g/mol. The van der Waals surface area contributed by atoms with Crippen molar-refractivity contribution in [2.75, 3.05) is 6.54 Å². The summed E-state index contributed by atoms with van der Waals surface area (Å²) in [7, 11) is 0. The quantitative estimate of drug-likeness (QED) is 0.861. The molecule has 106 valence electrons. The van der Waals surface area contributed by atoms with E-state index in [1.54, 1.807) is 35.6 Å². The lowest BCUT2D eigenvalue weighted by Gasteiger charge is -2.12. The molecular weight excluding hydrogens is 294 g/mol. The number of amides is 1. The molecule has 1 unspecified atom stereocenters. The van der Waals surface area contributed by atoms with Gasteiger partial charge in [-0.15, -0.1) is 11.3 Å². The van der Waals surface area contributed by atoms with Crippen LogP contribution in [-0.4, -0.2) is 17.6 Å².